The van der Waals surface area contributed by atoms with Crippen LogP contribution in [0.2, 0.25) is 0 Å². The molecular formula is C16H10N4O2S2. The fourth-order valence-electron chi connectivity index (χ4n) is 2.37. The summed E-state index contributed by atoms with van der Waals surface area (Å²) in [5.41, 5.74) is 7.96. The molecule has 4 rings (SSSR count). The highest BCUT2D eigenvalue weighted by molar-refractivity contribution is 8.26. The van der Waals surface area contributed by atoms with Crippen LogP contribution in [0.25, 0.3) is 28.2 Å². The fourth-order valence-corrected chi connectivity index (χ4v) is 3.40. The van der Waals surface area contributed by atoms with Gasteiger partial charge in [0.25, 0.3) is 5.91 Å². The molecule has 0 aliphatic carbocycles. The van der Waals surface area contributed by atoms with Gasteiger partial charge in [-0.05, 0) is 18.2 Å². The number of pyridine rings is 2. The Morgan fingerprint density at radius 1 is 1.29 bits per heavy atom. The number of aromatic nitrogens is 2. The van der Waals surface area contributed by atoms with Crippen LogP contribution in [0, 0.1) is 0 Å². The molecule has 0 bridgehead atoms. The number of hydrogen-bond acceptors (Lipinski definition) is 7. The number of carbonyl (C=O) groups is 1. The third-order valence-electron chi connectivity index (χ3n) is 3.45. The Bertz CT molecular complexity index is 1010. The largest absolute Gasteiger partial charge is 0.456 e. The average Bonchev–Trinajstić information content (AvgIpc) is 3.10. The molecule has 0 radical (unpaired) electrons. The highest BCUT2D eigenvalue weighted by Gasteiger charge is 2.22. The van der Waals surface area contributed by atoms with Gasteiger partial charge in [-0.3, -0.25) is 9.78 Å². The minimum Gasteiger partial charge on any atom is -0.456 e. The van der Waals surface area contributed by atoms with Crippen LogP contribution in [0.4, 0.5) is 5.82 Å². The second kappa shape index (κ2) is 5.73. The third-order valence-corrected chi connectivity index (χ3v) is 4.62. The summed E-state index contributed by atoms with van der Waals surface area (Å²) in [6, 6.07) is 5.41. The summed E-state index contributed by atoms with van der Waals surface area (Å²) >= 11 is 6.19. The number of thiocarbonyl (C=S) groups is 1. The van der Waals surface area contributed by atoms with Crippen LogP contribution < -0.4 is 11.1 Å². The molecule has 1 amide bonds. The van der Waals surface area contributed by atoms with E-state index in [-0.39, 0.29) is 5.91 Å². The molecule has 1 aliphatic rings. The SMILES string of the molecule is Nc1ccc(-c2cncc3cc(C=C4SC(=S)NC4=O)oc23)cn1. The first kappa shape index (κ1) is 14.9. The smallest absolute Gasteiger partial charge is 0.263 e. The van der Waals surface area contributed by atoms with Gasteiger partial charge in [-0.25, -0.2) is 4.98 Å². The summed E-state index contributed by atoms with van der Waals surface area (Å²) in [7, 11) is 0. The first-order valence-electron chi connectivity index (χ1n) is 6.94. The van der Waals surface area contributed by atoms with E-state index >= 15 is 0 Å². The number of nitrogens with zero attached hydrogens (tertiary/aromatic N) is 2. The van der Waals surface area contributed by atoms with Crippen molar-refractivity contribution in [3.05, 3.63) is 47.5 Å². The van der Waals surface area contributed by atoms with Crippen LogP contribution in [-0.4, -0.2) is 20.2 Å². The zero-order valence-corrected chi connectivity index (χ0v) is 13.8. The second-order valence-electron chi connectivity index (χ2n) is 5.08. The van der Waals surface area contributed by atoms with Crippen molar-refractivity contribution < 1.29 is 9.21 Å². The predicted molar refractivity (Wildman–Crippen MR) is 98.0 cm³/mol. The predicted octanol–water partition coefficient (Wildman–Crippen LogP) is 2.96. The summed E-state index contributed by atoms with van der Waals surface area (Å²) in [5, 5.41) is 3.41. The van der Waals surface area contributed by atoms with Gasteiger partial charge in [-0.1, -0.05) is 24.0 Å². The molecule has 3 aromatic rings. The van der Waals surface area contributed by atoms with E-state index in [2.05, 4.69) is 15.3 Å². The monoisotopic (exact) mass is 354 g/mol. The molecule has 6 nitrogen and oxygen atoms in total. The summed E-state index contributed by atoms with van der Waals surface area (Å²) in [4.78, 5) is 20.6. The highest BCUT2D eigenvalue weighted by Crippen LogP contribution is 2.32. The van der Waals surface area contributed by atoms with Crippen molar-refractivity contribution in [2.75, 3.05) is 5.73 Å². The fraction of sp³-hybridized carbons (Fsp3) is 0. The lowest BCUT2D eigenvalue weighted by atomic mass is 10.1. The Balaban J connectivity index is 1.80. The minimum atomic E-state index is -0.216. The molecule has 0 atom stereocenters. The topological polar surface area (TPSA) is 94.0 Å². The molecule has 0 aromatic carbocycles. The van der Waals surface area contributed by atoms with Crippen LogP contribution in [0.3, 0.4) is 0 Å². The zero-order valence-electron chi connectivity index (χ0n) is 12.1. The number of anilines is 1. The second-order valence-corrected chi connectivity index (χ2v) is 6.80. The molecule has 1 fully saturated rings. The van der Waals surface area contributed by atoms with Crippen LogP contribution in [0.1, 0.15) is 5.76 Å². The van der Waals surface area contributed by atoms with Crippen molar-refractivity contribution in [3.8, 4) is 11.1 Å². The normalized spacial score (nSPS) is 16.1. The summed E-state index contributed by atoms with van der Waals surface area (Å²) in [5.74, 6) is 0.792. The number of amides is 1. The van der Waals surface area contributed by atoms with E-state index in [1.807, 2.05) is 12.1 Å². The van der Waals surface area contributed by atoms with Crippen molar-refractivity contribution in [1.29, 1.82) is 0 Å². The zero-order chi connectivity index (χ0) is 16.7. The van der Waals surface area contributed by atoms with E-state index in [0.29, 0.717) is 26.4 Å². The van der Waals surface area contributed by atoms with Crippen LogP contribution in [-0.2, 0) is 4.79 Å². The third kappa shape index (κ3) is 2.66. The summed E-state index contributed by atoms with van der Waals surface area (Å²) < 4.78 is 6.36. The Kier molecular flexibility index (Phi) is 3.55. The maximum atomic E-state index is 11.8. The molecule has 1 aliphatic heterocycles. The molecule has 0 unspecified atom stereocenters. The van der Waals surface area contributed by atoms with E-state index in [9.17, 15) is 4.79 Å². The number of nitrogens with two attached hydrogens (primary N) is 1. The van der Waals surface area contributed by atoms with E-state index in [1.165, 1.54) is 11.8 Å². The Morgan fingerprint density at radius 3 is 2.88 bits per heavy atom. The van der Waals surface area contributed by atoms with E-state index in [0.717, 1.165) is 16.5 Å². The van der Waals surface area contributed by atoms with Crippen molar-refractivity contribution in [3.63, 3.8) is 0 Å². The summed E-state index contributed by atoms with van der Waals surface area (Å²) in [6.45, 7) is 0. The quantitative estimate of drug-likeness (QED) is 0.540. The molecule has 4 heterocycles. The molecule has 0 spiro atoms. The van der Waals surface area contributed by atoms with Gasteiger partial charge in [-0.2, -0.15) is 0 Å². The van der Waals surface area contributed by atoms with Crippen molar-refractivity contribution in [1.82, 2.24) is 15.3 Å². The average molecular weight is 354 g/mol. The Hall–Kier alpha value is -2.71. The molecule has 8 heteroatoms. The van der Waals surface area contributed by atoms with E-state index in [1.54, 1.807) is 30.7 Å². The van der Waals surface area contributed by atoms with Crippen molar-refractivity contribution in [2.45, 2.75) is 0 Å². The number of nitrogen functional groups attached to an aromatic ring is 1. The van der Waals surface area contributed by atoms with Crippen LogP contribution in [0.15, 0.2) is 46.1 Å². The van der Waals surface area contributed by atoms with Gasteiger partial charge in [-0.15, -0.1) is 0 Å². The van der Waals surface area contributed by atoms with Crippen molar-refractivity contribution in [2.24, 2.45) is 0 Å². The Labute approximate surface area is 146 Å². The molecule has 0 saturated carbocycles. The molecule has 3 aromatic heterocycles. The lowest BCUT2D eigenvalue weighted by Crippen LogP contribution is -2.17. The number of carbonyl (C=O) groups excluding carboxylic acids is 1. The minimum absolute atomic E-state index is 0.216. The number of furan rings is 1. The molecule has 24 heavy (non-hydrogen) atoms. The number of hydrogen-bond donors (Lipinski definition) is 2. The summed E-state index contributed by atoms with van der Waals surface area (Å²) in [6.07, 6.45) is 6.76. The van der Waals surface area contributed by atoms with Crippen LogP contribution >= 0.6 is 24.0 Å². The molecule has 3 N–H and O–H groups in total. The highest BCUT2D eigenvalue weighted by atomic mass is 32.2. The maximum absolute atomic E-state index is 11.8. The lowest BCUT2D eigenvalue weighted by Gasteiger charge is -2.01. The maximum Gasteiger partial charge on any atom is 0.263 e. The van der Waals surface area contributed by atoms with Gasteiger partial charge in [0.1, 0.15) is 21.5 Å². The van der Waals surface area contributed by atoms with Gasteiger partial charge >= 0.3 is 0 Å². The van der Waals surface area contributed by atoms with Gasteiger partial charge in [0.2, 0.25) is 0 Å². The standard InChI is InChI=1S/C16H10N4O2S2/c17-13-2-1-8(6-19-13)11-7-18-5-9-3-10(22-14(9)11)4-12-15(21)20-16(23)24-12/h1-7H,(H2,17,19)(H,20,21,23). The van der Waals surface area contributed by atoms with Crippen molar-refractivity contribution >= 4 is 57.1 Å². The van der Waals surface area contributed by atoms with Crippen LogP contribution in [0.5, 0.6) is 0 Å². The number of rotatable bonds is 2. The van der Waals surface area contributed by atoms with E-state index < -0.39 is 0 Å². The first-order chi connectivity index (χ1) is 11.6. The number of thioether (sulfide) groups is 1. The van der Waals surface area contributed by atoms with Gasteiger partial charge in [0.05, 0.1) is 4.91 Å². The van der Waals surface area contributed by atoms with Gasteiger partial charge < -0.3 is 15.5 Å². The number of fused-ring (bicyclic) bond motifs is 1. The molecule has 1 saturated heterocycles. The van der Waals surface area contributed by atoms with E-state index in [4.69, 9.17) is 22.4 Å². The van der Waals surface area contributed by atoms with Gasteiger partial charge in [0, 0.05) is 41.2 Å². The lowest BCUT2D eigenvalue weighted by molar-refractivity contribution is -0.115. The van der Waals surface area contributed by atoms with Gasteiger partial charge in [0.15, 0.2) is 0 Å². The first-order valence-corrected chi connectivity index (χ1v) is 8.17. The Morgan fingerprint density at radius 2 is 2.17 bits per heavy atom. The molecular weight excluding hydrogens is 344 g/mol. The molecule has 118 valence electrons. The number of nitrogens with one attached hydrogen (secondary N) is 1.